The number of fused-ring (bicyclic) bond motifs is 1. The SMILES string of the molecule is CCOP(=O)(Cc1ccc(NC(=O)C2c3ccccc3CCS2(=O)=O)cc1)OCC. The number of sulfone groups is 1. The van der Waals surface area contributed by atoms with Crippen molar-refractivity contribution in [1.29, 1.82) is 0 Å². The average Bonchev–Trinajstić information content (AvgIpc) is 2.69. The number of nitrogens with one attached hydrogen (secondary N) is 1. The Kier molecular flexibility index (Phi) is 7.14. The zero-order chi connectivity index (χ0) is 21.8. The Morgan fingerprint density at radius 2 is 1.70 bits per heavy atom. The molecule has 162 valence electrons. The summed E-state index contributed by atoms with van der Waals surface area (Å²) < 4.78 is 48.4. The highest BCUT2D eigenvalue weighted by molar-refractivity contribution is 7.92. The molecule has 30 heavy (non-hydrogen) atoms. The van der Waals surface area contributed by atoms with Crippen LogP contribution in [-0.4, -0.2) is 33.3 Å². The van der Waals surface area contributed by atoms with Gasteiger partial charge >= 0.3 is 7.60 Å². The minimum absolute atomic E-state index is 0.0504. The minimum atomic E-state index is -3.58. The Morgan fingerprint density at radius 3 is 2.33 bits per heavy atom. The lowest BCUT2D eigenvalue weighted by molar-refractivity contribution is -0.116. The smallest absolute Gasteiger partial charge is 0.325 e. The first-order valence-corrected chi connectivity index (χ1v) is 13.3. The highest BCUT2D eigenvalue weighted by Crippen LogP contribution is 2.51. The number of rotatable bonds is 8. The van der Waals surface area contributed by atoms with Crippen molar-refractivity contribution in [1.82, 2.24) is 0 Å². The number of carbonyl (C=O) groups is 1. The summed E-state index contributed by atoms with van der Waals surface area (Å²) in [6.07, 6.45) is 0.532. The maximum absolute atomic E-state index is 12.9. The zero-order valence-corrected chi connectivity index (χ0v) is 18.7. The Labute approximate surface area is 177 Å². The van der Waals surface area contributed by atoms with Crippen LogP contribution in [0.1, 0.15) is 35.8 Å². The molecule has 0 spiro atoms. The third-order valence-electron chi connectivity index (χ3n) is 4.84. The molecule has 1 aliphatic heterocycles. The summed E-state index contributed by atoms with van der Waals surface area (Å²) in [6, 6.07) is 13.9. The Balaban J connectivity index is 1.76. The van der Waals surface area contributed by atoms with E-state index in [2.05, 4.69) is 5.32 Å². The summed E-state index contributed by atoms with van der Waals surface area (Å²) in [4.78, 5) is 12.9. The van der Waals surface area contributed by atoms with Crippen molar-refractivity contribution in [3.63, 3.8) is 0 Å². The highest BCUT2D eigenvalue weighted by atomic mass is 32.2. The molecular formula is C21H26NO6PS. The molecule has 0 saturated carbocycles. The molecule has 7 nitrogen and oxygen atoms in total. The molecule has 1 atom stereocenters. The second-order valence-corrected chi connectivity index (χ2v) is 11.2. The molecule has 3 rings (SSSR count). The van der Waals surface area contributed by atoms with Gasteiger partial charge in [0.05, 0.1) is 25.1 Å². The van der Waals surface area contributed by atoms with E-state index in [1.807, 2.05) is 12.1 Å². The third-order valence-corrected chi connectivity index (χ3v) is 8.86. The zero-order valence-electron chi connectivity index (χ0n) is 17.0. The van der Waals surface area contributed by atoms with Gasteiger partial charge in [-0.3, -0.25) is 9.36 Å². The molecule has 1 N–H and O–H groups in total. The molecule has 1 heterocycles. The van der Waals surface area contributed by atoms with E-state index in [1.165, 1.54) is 0 Å². The summed E-state index contributed by atoms with van der Waals surface area (Å²) in [5.74, 6) is -0.630. The number of anilines is 1. The van der Waals surface area contributed by atoms with Gasteiger partial charge in [-0.15, -0.1) is 0 Å². The van der Waals surface area contributed by atoms with Gasteiger partial charge in [-0.05, 0) is 49.1 Å². The van der Waals surface area contributed by atoms with E-state index >= 15 is 0 Å². The van der Waals surface area contributed by atoms with E-state index in [4.69, 9.17) is 9.05 Å². The monoisotopic (exact) mass is 451 g/mol. The molecule has 0 fully saturated rings. The number of carbonyl (C=O) groups excluding carboxylic acids is 1. The van der Waals surface area contributed by atoms with Crippen molar-refractivity contribution < 1.29 is 26.8 Å². The molecule has 9 heteroatoms. The maximum atomic E-state index is 12.9. The number of benzene rings is 2. The predicted molar refractivity (Wildman–Crippen MR) is 116 cm³/mol. The van der Waals surface area contributed by atoms with Crippen molar-refractivity contribution in [3.8, 4) is 0 Å². The van der Waals surface area contributed by atoms with Crippen LogP contribution in [0.3, 0.4) is 0 Å². The van der Waals surface area contributed by atoms with E-state index in [0.717, 1.165) is 11.1 Å². The Hall–Kier alpha value is -1.99. The Morgan fingerprint density at radius 1 is 1.07 bits per heavy atom. The lowest BCUT2D eigenvalue weighted by Crippen LogP contribution is -2.34. The molecule has 1 aliphatic rings. The topological polar surface area (TPSA) is 98.8 Å². The second kappa shape index (κ2) is 9.43. The molecule has 1 unspecified atom stereocenters. The molecule has 0 aliphatic carbocycles. The first-order chi connectivity index (χ1) is 14.3. The van der Waals surface area contributed by atoms with Gasteiger partial charge in [-0.1, -0.05) is 36.4 Å². The van der Waals surface area contributed by atoms with Crippen LogP contribution in [-0.2, 0) is 40.8 Å². The normalized spacial score (nSPS) is 17.9. The van der Waals surface area contributed by atoms with Gasteiger partial charge in [0.15, 0.2) is 15.1 Å². The van der Waals surface area contributed by atoms with E-state index in [0.29, 0.717) is 17.7 Å². The summed E-state index contributed by atoms with van der Waals surface area (Å²) in [7, 11) is -6.81. The second-order valence-electron chi connectivity index (χ2n) is 6.99. The summed E-state index contributed by atoms with van der Waals surface area (Å²) in [5.41, 5.74) is 2.61. The molecule has 0 saturated heterocycles. The van der Waals surface area contributed by atoms with E-state index in [-0.39, 0.29) is 25.1 Å². The first kappa shape index (κ1) is 22.7. The molecular weight excluding hydrogens is 425 g/mol. The predicted octanol–water partition coefficient (Wildman–Crippen LogP) is 4.10. The van der Waals surface area contributed by atoms with Gasteiger partial charge in [-0.25, -0.2) is 8.42 Å². The van der Waals surface area contributed by atoms with E-state index in [1.54, 1.807) is 50.2 Å². The largest absolute Gasteiger partial charge is 0.335 e. The standard InChI is InChI=1S/C21H26NO6PS/c1-3-27-29(24,28-4-2)15-16-9-11-18(12-10-16)22-21(23)20-19-8-6-5-7-17(19)13-14-30(20,25)26/h5-12,20H,3-4,13-15H2,1-2H3,(H,22,23). The van der Waals surface area contributed by atoms with Crippen molar-refractivity contribution in [2.75, 3.05) is 24.3 Å². The van der Waals surface area contributed by atoms with Crippen molar-refractivity contribution >= 4 is 29.0 Å². The van der Waals surface area contributed by atoms with Crippen molar-refractivity contribution in [2.24, 2.45) is 0 Å². The van der Waals surface area contributed by atoms with Gasteiger partial charge < -0.3 is 14.4 Å². The van der Waals surface area contributed by atoms with Crippen LogP contribution in [0, 0.1) is 0 Å². The fourth-order valence-corrected chi connectivity index (χ4v) is 6.98. The molecule has 0 radical (unpaired) electrons. The number of hydrogen-bond donors (Lipinski definition) is 1. The molecule has 0 aromatic heterocycles. The van der Waals surface area contributed by atoms with Gasteiger partial charge in [0.1, 0.15) is 0 Å². The third kappa shape index (κ3) is 5.19. The Bertz CT molecular complexity index is 1040. The fourth-order valence-electron chi connectivity index (χ4n) is 3.53. The molecule has 2 aromatic carbocycles. The summed E-state index contributed by atoms with van der Waals surface area (Å²) in [5, 5.41) is 1.48. The van der Waals surface area contributed by atoms with Crippen LogP contribution < -0.4 is 5.32 Å². The lowest BCUT2D eigenvalue weighted by Gasteiger charge is -2.25. The van der Waals surface area contributed by atoms with Crippen LogP contribution in [0.5, 0.6) is 0 Å². The van der Waals surface area contributed by atoms with Crippen LogP contribution in [0.2, 0.25) is 0 Å². The number of amides is 1. The van der Waals surface area contributed by atoms with Crippen molar-refractivity contribution in [2.45, 2.75) is 31.7 Å². The van der Waals surface area contributed by atoms with E-state index < -0.39 is 28.6 Å². The van der Waals surface area contributed by atoms with Crippen LogP contribution in [0.15, 0.2) is 48.5 Å². The van der Waals surface area contributed by atoms with Crippen LogP contribution in [0.4, 0.5) is 5.69 Å². The van der Waals surface area contributed by atoms with Gasteiger partial charge in [-0.2, -0.15) is 0 Å². The summed E-state index contributed by atoms with van der Waals surface area (Å²) in [6.45, 7) is 4.06. The van der Waals surface area contributed by atoms with Crippen LogP contribution >= 0.6 is 7.60 Å². The van der Waals surface area contributed by atoms with E-state index in [9.17, 15) is 17.8 Å². The highest BCUT2D eigenvalue weighted by Gasteiger charge is 2.38. The molecule has 0 bridgehead atoms. The molecule has 2 aromatic rings. The van der Waals surface area contributed by atoms with Crippen LogP contribution in [0.25, 0.3) is 0 Å². The first-order valence-electron chi connectivity index (χ1n) is 9.85. The van der Waals surface area contributed by atoms with Gasteiger partial charge in [0.25, 0.3) is 0 Å². The average molecular weight is 451 g/mol. The summed E-state index contributed by atoms with van der Waals surface area (Å²) >= 11 is 0. The fraction of sp³-hybridized carbons (Fsp3) is 0.381. The quantitative estimate of drug-likeness (QED) is 0.607. The van der Waals surface area contributed by atoms with Gasteiger partial charge in [0, 0.05) is 5.69 Å². The van der Waals surface area contributed by atoms with Gasteiger partial charge in [0.2, 0.25) is 5.91 Å². The van der Waals surface area contributed by atoms with Crippen molar-refractivity contribution in [3.05, 3.63) is 65.2 Å². The lowest BCUT2D eigenvalue weighted by atomic mass is 10.0. The maximum Gasteiger partial charge on any atom is 0.335 e. The minimum Gasteiger partial charge on any atom is -0.325 e. The molecule has 1 amide bonds. The number of aryl methyl sites for hydroxylation is 1. The number of hydrogen-bond acceptors (Lipinski definition) is 6.